The van der Waals surface area contributed by atoms with Crippen LogP contribution in [0.3, 0.4) is 0 Å². The zero-order valence-corrected chi connectivity index (χ0v) is 15.6. The molecule has 0 radical (unpaired) electrons. The van der Waals surface area contributed by atoms with Gasteiger partial charge in [0.1, 0.15) is 5.82 Å². The molecular weight excluding hydrogens is 316 g/mol. The minimum Gasteiger partial charge on any atom is -0.292 e. The Labute approximate surface area is 155 Å². The number of nitrogens with zero attached hydrogens (tertiary/aromatic N) is 2. The lowest BCUT2D eigenvalue weighted by Crippen LogP contribution is -2.08. The number of imidazole rings is 1. The Morgan fingerprint density at radius 2 is 1.46 bits per heavy atom. The summed E-state index contributed by atoms with van der Waals surface area (Å²) >= 11 is 0. The van der Waals surface area contributed by atoms with Crippen molar-refractivity contribution in [2.24, 2.45) is 5.41 Å². The van der Waals surface area contributed by atoms with Crippen LogP contribution in [0.5, 0.6) is 0 Å². The fourth-order valence-corrected chi connectivity index (χ4v) is 3.47. The van der Waals surface area contributed by atoms with Crippen LogP contribution >= 0.6 is 0 Å². The van der Waals surface area contributed by atoms with Crippen LogP contribution in [0, 0.1) is 5.41 Å². The summed E-state index contributed by atoms with van der Waals surface area (Å²) < 4.78 is 2.26. The number of benzene rings is 3. The second-order valence-electron chi connectivity index (χ2n) is 8.03. The van der Waals surface area contributed by atoms with Gasteiger partial charge in [-0.15, -0.1) is 0 Å². The Bertz CT molecular complexity index is 1020. The lowest BCUT2D eigenvalue weighted by molar-refractivity contribution is 0.411. The Balaban J connectivity index is 1.94. The van der Waals surface area contributed by atoms with Crippen molar-refractivity contribution in [1.29, 1.82) is 0 Å². The molecule has 0 saturated carbocycles. The van der Waals surface area contributed by atoms with E-state index in [0.29, 0.717) is 0 Å². The summed E-state index contributed by atoms with van der Waals surface area (Å²) in [6.45, 7) is 6.82. The molecule has 0 aliphatic carbocycles. The maximum absolute atomic E-state index is 5.01. The number of rotatable bonds is 3. The molecule has 0 atom stereocenters. The molecule has 0 N–H and O–H groups in total. The van der Waals surface area contributed by atoms with Gasteiger partial charge in [0.2, 0.25) is 0 Å². The highest BCUT2D eigenvalue weighted by atomic mass is 15.1. The fraction of sp³-hybridized carbons (Fsp3) is 0.208. The summed E-state index contributed by atoms with van der Waals surface area (Å²) in [6, 6.07) is 27.6. The van der Waals surface area contributed by atoms with E-state index in [1.165, 1.54) is 5.56 Å². The molecular formula is C24H24N2. The van der Waals surface area contributed by atoms with Crippen LogP contribution in [0.1, 0.15) is 26.3 Å². The molecule has 4 rings (SSSR count). The summed E-state index contributed by atoms with van der Waals surface area (Å²) in [6.07, 6.45) is 1.04. The summed E-state index contributed by atoms with van der Waals surface area (Å²) in [4.78, 5) is 5.01. The van der Waals surface area contributed by atoms with Crippen molar-refractivity contribution in [3.05, 3.63) is 84.4 Å². The van der Waals surface area contributed by atoms with E-state index in [-0.39, 0.29) is 5.41 Å². The highest BCUT2D eigenvalue weighted by molar-refractivity contribution is 5.83. The number of fused-ring (bicyclic) bond motifs is 1. The topological polar surface area (TPSA) is 17.8 Å². The summed E-state index contributed by atoms with van der Waals surface area (Å²) in [7, 11) is 0. The Kier molecular flexibility index (Phi) is 4.12. The van der Waals surface area contributed by atoms with Gasteiger partial charge in [-0.25, -0.2) is 4.98 Å². The van der Waals surface area contributed by atoms with E-state index in [4.69, 9.17) is 4.98 Å². The van der Waals surface area contributed by atoms with Crippen LogP contribution in [-0.4, -0.2) is 9.55 Å². The van der Waals surface area contributed by atoms with Crippen LogP contribution in [0.2, 0.25) is 0 Å². The summed E-state index contributed by atoms with van der Waals surface area (Å²) in [5.41, 5.74) is 6.06. The molecule has 130 valence electrons. The van der Waals surface area contributed by atoms with Crippen molar-refractivity contribution in [1.82, 2.24) is 9.55 Å². The van der Waals surface area contributed by atoms with Gasteiger partial charge in [-0.05, 0) is 41.7 Å². The standard InChI is InChI=1S/C24H24N2/c1-24(2,3)17-18-14-15-22-21(16-18)25-23(19-10-6-4-7-11-19)26(22)20-12-8-5-9-13-20/h4-16H,17H2,1-3H3. The predicted octanol–water partition coefficient (Wildman–Crippen LogP) is 6.28. The van der Waals surface area contributed by atoms with Crippen molar-refractivity contribution >= 4 is 11.0 Å². The largest absolute Gasteiger partial charge is 0.292 e. The van der Waals surface area contributed by atoms with E-state index in [9.17, 15) is 0 Å². The number of aromatic nitrogens is 2. The normalized spacial score (nSPS) is 11.8. The van der Waals surface area contributed by atoms with Crippen molar-refractivity contribution in [2.45, 2.75) is 27.2 Å². The van der Waals surface area contributed by atoms with Gasteiger partial charge in [-0.1, -0.05) is 75.4 Å². The molecule has 0 fully saturated rings. The zero-order valence-electron chi connectivity index (χ0n) is 15.6. The quantitative estimate of drug-likeness (QED) is 0.429. The monoisotopic (exact) mass is 340 g/mol. The van der Waals surface area contributed by atoms with E-state index in [2.05, 4.69) is 92.1 Å². The van der Waals surface area contributed by atoms with E-state index < -0.39 is 0 Å². The molecule has 26 heavy (non-hydrogen) atoms. The van der Waals surface area contributed by atoms with E-state index in [1.54, 1.807) is 0 Å². The second-order valence-corrected chi connectivity index (χ2v) is 8.03. The van der Waals surface area contributed by atoms with Gasteiger partial charge in [0.05, 0.1) is 11.0 Å². The van der Waals surface area contributed by atoms with Crippen LogP contribution in [0.4, 0.5) is 0 Å². The molecule has 0 spiro atoms. The fourth-order valence-electron chi connectivity index (χ4n) is 3.47. The Morgan fingerprint density at radius 1 is 0.808 bits per heavy atom. The summed E-state index contributed by atoms with van der Waals surface area (Å²) in [5.74, 6) is 0.986. The molecule has 0 saturated heterocycles. The average Bonchev–Trinajstić information content (AvgIpc) is 3.00. The molecule has 0 bridgehead atoms. The molecule has 2 nitrogen and oxygen atoms in total. The minimum absolute atomic E-state index is 0.262. The average molecular weight is 340 g/mol. The first kappa shape index (κ1) is 16.6. The van der Waals surface area contributed by atoms with E-state index in [0.717, 1.165) is 34.5 Å². The molecule has 3 aromatic carbocycles. The van der Waals surface area contributed by atoms with E-state index >= 15 is 0 Å². The molecule has 0 aliphatic rings. The zero-order chi connectivity index (χ0) is 18.1. The molecule has 0 amide bonds. The van der Waals surface area contributed by atoms with Crippen LogP contribution in [0.25, 0.3) is 28.1 Å². The number of hydrogen-bond acceptors (Lipinski definition) is 1. The van der Waals surface area contributed by atoms with Crippen molar-refractivity contribution in [3.8, 4) is 17.1 Å². The van der Waals surface area contributed by atoms with Gasteiger partial charge >= 0.3 is 0 Å². The molecule has 4 aromatic rings. The van der Waals surface area contributed by atoms with Gasteiger partial charge < -0.3 is 0 Å². The maximum atomic E-state index is 5.01. The Morgan fingerprint density at radius 3 is 2.12 bits per heavy atom. The second kappa shape index (κ2) is 6.45. The summed E-state index contributed by atoms with van der Waals surface area (Å²) in [5, 5.41) is 0. The molecule has 1 aromatic heterocycles. The third kappa shape index (κ3) is 3.28. The number of para-hydroxylation sites is 1. The first-order valence-electron chi connectivity index (χ1n) is 9.13. The van der Waals surface area contributed by atoms with E-state index in [1.807, 2.05) is 12.1 Å². The maximum Gasteiger partial charge on any atom is 0.145 e. The van der Waals surface area contributed by atoms with Crippen molar-refractivity contribution < 1.29 is 0 Å². The van der Waals surface area contributed by atoms with Crippen molar-refractivity contribution in [2.75, 3.05) is 0 Å². The van der Waals surface area contributed by atoms with Crippen molar-refractivity contribution in [3.63, 3.8) is 0 Å². The highest BCUT2D eigenvalue weighted by Crippen LogP contribution is 2.30. The first-order valence-corrected chi connectivity index (χ1v) is 9.13. The SMILES string of the molecule is CC(C)(C)Cc1ccc2c(c1)nc(-c1ccccc1)n2-c1ccccc1. The smallest absolute Gasteiger partial charge is 0.145 e. The van der Waals surface area contributed by atoms with Crippen LogP contribution < -0.4 is 0 Å². The first-order chi connectivity index (χ1) is 12.5. The van der Waals surface area contributed by atoms with Gasteiger partial charge in [-0.3, -0.25) is 4.57 Å². The van der Waals surface area contributed by atoms with Crippen LogP contribution in [0.15, 0.2) is 78.9 Å². The lowest BCUT2D eigenvalue weighted by atomic mass is 9.88. The lowest BCUT2D eigenvalue weighted by Gasteiger charge is -2.18. The molecule has 0 unspecified atom stereocenters. The predicted molar refractivity (Wildman–Crippen MR) is 110 cm³/mol. The molecule has 1 heterocycles. The van der Waals surface area contributed by atoms with Crippen LogP contribution in [-0.2, 0) is 6.42 Å². The van der Waals surface area contributed by atoms with Gasteiger partial charge in [0.25, 0.3) is 0 Å². The van der Waals surface area contributed by atoms with Gasteiger partial charge in [-0.2, -0.15) is 0 Å². The van der Waals surface area contributed by atoms with Gasteiger partial charge in [0, 0.05) is 11.3 Å². The molecule has 0 aliphatic heterocycles. The minimum atomic E-state index is 0.262. The number of hydrogen-bond donors (Lipinski definition) is 0. The van der Waals surface area contributed by atoms with Gasteiger partial charge in [0.15, 0.2) is 0 Å². The Hall–Kier alpha value is -2.87. The highest BCUT2D eigenvalue weighted by Gasteiger charge is 2.16. The molecule has 2 heteroatoms. The third-order valence-corrected chi connectivity index (χ3v) is 4.50. The third-order valence-electron chi connectivity index (χ3n) is 4.50.